The van der Waals surface area contributed by atoms with Gasteiger partial charge in [0.2, 0.25) is 0 Å². The molecule has 1 rings (SSSR count). The van der Waals surface area contributed by atoms with Crippen LogP contribution in [0.2, 0.25) is 0 Å². The molecule has 0 aromatic carbocycles. The van der Waals surface area contributed by atoms with Gasteiger partial charge in [0.25, 0.3) is 0 Å². The summed E-state index contributed by atoms with van der Waals surface area (Å²) >= 11 is 3.45. The van der Waals surface area contributed by atoms with E-state index in [2.05, 4.69) is 27.7 Å². The summed E-state index contributed by atoms with van der Waals surface area (Å²) in [7, 11) is 0. The van der Waals surface area contributed by atoms with Gasteiger partial charge in [0.15, 0.2) is 0 Å². The first kappa shape index (κ1) is 5.57. The van der Waals surface area contributed by atoms with E-state index < -0.39 is 0 Å². The van der Waals surface area contributed by atoms with Crippen LogP contribution in [0.5, 0.6) is 0 Å². The largest absolute Gasteiger partial charge is 0.305 e. The Kier molecular flexibility index (Phi) is 2.13. The summed E-state index contributed by atoms with van der Waals surface area (Å²) in [5.74, 6) is 0. The molecule has 0 bridgehead atoms. The minimum atomic E-state index is 0.543. The van der Waals surface area contributed by atoms with Crippen molar-refractivity contribution in [2.75, 3.05) is 6.54 Å². The van der Waals surface area contributed by atoms with Gasteiger partial charge < -0.3 is 5.32 Å². The lowest BCUT2D eigenvalue weighted by molar-refractivity contribution is 0.577. The van der Waals surface area contributed by atoms with Crippen LogP contribution >= 0.6 is 15.9 Å². The van der Waals surface area contributed by atoms with Crippen molar-refractivity contribution in [3.63, 3.8) is 0 Å². The number of hydrogen-bond donors (Lipinski definition) is 1. The minimum Gasteiger partial charge on any atom is -0.305 e. The van der Waals surface area contributed by atoms with Gasteiger partial charge in [0, 0.05) is 0 Å². The van der Waals surface area contributed by atoms with E-state index in [-0.39, 0.29) is 0 Å². The average Bonchev–Trinajstić information content (AvgIpc) is 1.69. The van der Waals surface area contributed by atoms with E-state index in [9.17, 15) is 0 Å². The molecule has 1 aliphatic rings. The molecule has 0 saturated carbocycles. The number of nitrogens with one attached hydrogen (secondary N) is 1. The maximum absolute atomic E-state index is 3.45. The van der Waals surface area contributed by atoms with Crippen molar-refractivity contribution in [1.82, 2.24) is 5.32 Å². The molecule has 0 amide bonds. The quantitative estimate of drug-likeness (QED) is 0.419. The van der Waals surface area contributed by atoms with Gasteiger partial charge in [-0.25, -0.2) is 0 Å². The van der Waals surface area contributed by atoms with Crippen molar-refractivity contribution < 1.29 is 0 Å². The zero-order valence-electron chi connectivity index (χ0n) is 4.15. The highest BCUT2D eigenvalue weighted by atomic mass is 79.9. The SMILES string of the molecule is BrC1C[CH]CCN1. The third-order valence-corrected chi connectivity index (χ3v) is 1.79. The van der Waals surface area contributed by atoms with Crippen LogP contribution in [0.1, 0.15) is 12.8 Å². The Bertz CT molecular complexity index is 50.0. The molecular weight excluding hydrogens is 154 g/mol. The normalized spacial score (nSPS) is 33.0. The maximum Gasteiger partial charge on any atom is 0.0633 e. The zero-order valence-corrected chi connectivity index (χ0v) is 5.74. The number of piperidine rings is 1. The Morgan fingerprint density at radius 1 is 1.71 bits per heavy atom. The van der Waals surface area contributed by atoms with E-state index in [0.29, 0.717) is 4.95 Å². The van der Waals surface area contributed by atoms with Gasteiger partial charge in [-0.15, -0.1) is 0 Å². The molecule has 41 valence electrons. The molecule has 1 unspecified atom stereocenters. The number of halogens is 1. The van der Waals surface area contributed by atoms with Gasteiger partial charge >= 0.3 is 0 Å². The van der Waals surface area contributed by atoms with Crippen LogP contribution in [0, 0.1) is 6.42 Å². The summed E-state index contributed by atoms with van der Waals surface area (Å²) in [5.41, 5.74) is 0. The van der Waals surface area contributed by atoms with Crippen LogP contribution in [0.4, 0.5) is 0 Å². The predicted molar refractivity (Wildman–Crippen MR) is 34.3 cm³/mol. The summed E-state index contributed by atoms with van der Waals surface area (Å²) in [6, 6.07) is 0. The number of alkyl halides is 1. The molecule has 0 spiro atoms. The molecule has 1 atom stereocenters. The summed E-state index contributed by atoms with van der Waals surface area (Å²) in [6.45, 7) is 1.13. The minimum absolute atomic E-state index is 0.543. The first-order chi connectivity index (χ1) is 3.39. The predicted octanol–water partition coefficient (Wildman–Crippen LogP) is 1.30. The lowest BCUT2D eigenvalue weighted by atomic mass is 10.2. The Hall–Kier alpha value is 0.440. The highest BCUT2D eigenvalue weighted by molar-refractivity contribution is 9.09. The first-order valence-corrected chi connectivity index (χ1v) is 3.50. The van der Waals surface area contributed by atoms with Crippen molar-refractivity contribution in [2.45, 2.75) is 17.8 Å². The summed E-state index contributed by atoms with van der Waals surface area (Å²) in [4.78, 5) is 0.543. The summed E-state index contributed by atoms with van der Waals surface area (Å²) in [6.07, 6.45) is 4.69. The Balaban J connectivity index is 2.12. The molecular formula is C5H9BrN. The standard InChI is InChI=1S/C5H9BrN/c6-5-3-1-2-4-7-5/h1,5,7H,2-4H2. The topological polar surface area (TPSA) is 12.0 Å². The van der Waals surface area contributed by atoms with Crippen LogP contribution in [0.15, 0.2) is 0 Å². The maximum atomic E-state index is 3.45. The third-order valence-electron chi connectivity index (χ3n) is 1.09. The Morgan fingerprint density at radius 3 is 2.86 bits per heavy atom. The second-order valence-electron chi connectivity index (χ2n) is 1.73. The highest BCUT2D eigenvalue weighted by Crippen LogP contribution is 2.09. The Morgan fingerprint density at radius 2 is 2.57 bits per heavy atom. The molecule has 1 nitrogen and oxygen atoms in total. The number of rotatable bonds is 0. The second-order valence-corrected chi connectivity index (χ2v) is 2.84. The van der Waals surface area contributed by atoms with Gasteiger partial charge in [-0.05, 0) is 25.8 Å². The van der Waals surface area contributed by atoms with Crippen molar-refractivity contribution in [3.05, 3.63) is 6.42 Å². The lowest BCUT2D eigenvalue weighted by Gasteiger charge is -2.16. The first-order valence-electron chi connectivity index (χ1n) is 2.59. The van der Waals surface area contributed by atoms with Crippen LogP contribution in [-0.2, 0) is 0 Å². The van der Waals surface area contributed by atoms with E-state index in [0.717, 1.165) is 6.54 Å². The average molecular weight is 163 g/mol. The molecule has 1 N–H and O–H groups in total. The fourth-order valence-corrected chi connectivity index (χ4v) is 1.18. The molecule has 0 aliphatic carbocycles. The van der Waals surface area contributed by atoms with Gasteiger partial charge in [0.1, 0.15) is 0 Å². The van der Waals surface area contributed by atoms with Crippen LogP contribution in [0.25, 0.3) is 0 Å². The summed E-state index contributed by atoms with van der Waals surface area (Å²) in [5, 5.41) is 3.27. The van der Waals surface area contributed by atoms with E-state index in [1.165, 1.54) is 12.8 Å². The lowest BCUT2D eigenvalue weighted by Crippen LogP contribution is -2.28. The fourth-order valence-electron chi connectivity index (χ4n) is 0.690. The monoisotopic (exact) mass is 162 g/mol. The molecule has 7 heavy (non-hydrogen) atoms. The molecule has 0 aromatic rings. The van der Waals surface area contributed by atoms with Gasteiger partial charge in [-0.2, -0.15) is 0 Å². The van der Waals surface area contributed by atoms with E-state index >= 15 is 0 Å². The van der Waals surface area contributed by atoms with Crippen LogP contribution < -0.4 is 5.32 Å². The van der Waals surface area contributed by atoms with Crippen molar-refractivity contribution in [1.29, 1.82) is 0 Å². The Labute approximate surface area is 52.6 Å². The van der Waals surface area contributed by atoms with Gasteiger partial charge in [0.05, 0.1) is 4.95 Å². The molecule has 1 heterocycles. The van der Waals surface area contributed by atoms with Crippen LogP contribution in [0.3, 0.4) is 0 Å². The molecule has 1 aliphatic heterocycles. The van der Waals surface area contributed by atoms with Crippen molar-refractivity contribution in [2.24, 2.45) is 0 Å². The molecule has 1 saturated heterocycles. The van der Waals surface area contributed by atoms with Crippen molar-refractivity contribution >= 4 is 15.9 Å². The zero-order chi connectivity index (χ0) is 5.11. The molecule has 1 radical (unpaired) electrons. The summed E-state index contributed by atoms with van der Waals surface area (Å²) < 4.78 is 0. The fraction of sp³-hybridized carbons (Fsp3) is 0.800. The van der Waals surface area contributed by atoms with E-state index in [1.807, 2.05) is 0 Å². The molecule has 2 heteroatoms. The smallest absolute Gasteiger partial charge is 0.0633 e. The van der Waals surface area contributed by atoms with Crippen molar-refractivity contribution in [3.8, 4) is 0 Å². The second kappa shape index (κ2) is 2.68. The number of hydrogen-bond acceptors (Lipinski definition) is 1. The van der Waals surface area contributed by atoms with E-state index in [4.69, 9.17) is 0 Å². The van der Waals surface area contributed by atoms with E-state index in [1.54, 1.807) is 0 Å². The molecule has 0 aromatic heterocycles. The van der Waals surface area contributed by atoms with Gasteiger partial charge in [-0.1, -0.05) is 15.9 Å². The molecule has 1 fully saturated rings. The van der Waals surface area contributed by atoms with Gasteiger partial charge in [-0.3, -0.25) is 0 Å². The third kappa shape index (κ3) is 1.78. The van der Waals surface area contributed by atoms with Crippen LogP contribution in [-0.4, -0.2) is 11.5 Å². The highest BCUT2D eigenvalue weighted by Gasteiger charge is 2.06.